The molecule has 2 aromatic rings. The van der Waals surface area contributed by atoms with E-state index in [4.69, 9.17) is 16.3 Å². The van der Waals surface area contributed by atoms with Crippen molar-refractivity contribution in [3.8, 4) is 5.75 Å². The normalized spacial score (nSPS) is 12.3. The Balaban J connectivity index is 2.27. The van der Waals surface area contributed by atoms with Crippen molar-refractivity contribution in [1.29, 1.82) is 0 Å². The summed E-state index contributed by atoms with van der Waals surface area (Å²) in [6.45, 7) is 1.44. The van der Waals surface area contributed by atoms with Crippen LogP contribution in [0.1, 0.15) is 6.92 Å². The molecule has 0 aliphatic heterocycles. The average molecular weight is 401 g/mol. The van der Waals surface area contributed by atoms with Gasteiger partial charge in [-0.2, -0.15) is 0 Å². The summed E-state index contributed by atoms with van der Waals surface area (Å²) in [6, 6.07) is 8.43. The third kappa shape index (κ3) is 4.64. The van der Waals surface area contributed by atoms with Crippen LogP contribution in [0.2, 0.25) is 5.02 Å². The Hall–Kier alpha value is -2.32. The molecule has 0 aromatic heterocycles. The van der Waals surface area contributed by atoms with Gasteiger partial charge in [-0.05, 0) is 49.4 Å². The van der Waals surface area contributed by atoms with Gasteiger partial charge in [-0.25, -0.2) is 12.8 Å². The zero-order valence-electron chi connectivity index (χ0n) is 14.4. The van der Waals surface area contributed by atoms with Crippen molar-refractivity contribution in [3.05, 3.63) is 53.3 Å². The Kier molecular flexibility index (Phi) is 6.09. The summed E-state index contributed by atoms with van der Waals surface area (Å²) in [5.41, 5.74) is 0.574. The number of hydrogen-bond donors (Lipinski definition) is 1. The maximum absolute atomic E-state index is 13.1. The molecule has 1 atom stereocenters. The molecule has 26 heavy (non-hydrogen) atoms. The van der Waals surface area contributed by atoms with E-state index in [9.17, 15) is 17.6 Å². The van der Waals surface area contributed by atoms with Gasteiger partial charge in [0.05, 0.1) is 24.1 Å². The summed E-state index contributed by atoms with van der Waals surface area (Å²) in [5, 5.41) is 2.91. The highest BCUT2D eigenvalue weighted by molar-refractivity contribution is 7.92. The van der Waals surface area contributed by atoms with Crippen molar-refractivity contribution in [2.75, 3.05) is 23.0 Å². The second-order valence-electron chi connectivity index (χ2n) is 5.55. The van der Waals surface area contributed by atoms with E-state index in [-0.39, 0.29) is 5.69 Å². The fraction of sp³-hybridized carbons (Fsp3) is 0.235. The quantitative estimate of drug-likeness (QED) is 0.807. The van der Waals surface area contributed by atoms with E-state index in [1.54, 1.807) is 12.1 Å². The van der Waals surface area contributed by atoms with E-state index in [0.717, 1.165) is 22.7 Å². The SMILES string of the molecule is COc1ccc(NC(=O)C(C)N(c2ccc(F)cc2)S(C)(=O)=O)cc1Cl. The van der Waals surface area contributed by atoms with Crippen molar-refractivity contribution in [3.63, 3.8) is 0 Å². The van der Waals surface area contributed by atoms with Gasteiger partial charge in [0.25, 0.3) is 0 Å². The summed E-state index contributed by atoms with van der Waals surface area (Å²) >= 11 is 6.02. The van der Waals surface area contributed by atoms with Crippen LogP contribution in [-0.2, 0) is 14.8 Å². The Morgan fingerprint density at radius 1 is 1.23 bits per heavy atom. The van der Waals surface area contributed by atoms with Gasteiger partial charge in [0.15, 0.2) is 0 Å². The molecule has 1 amide bonds. The highest BCUT2D eigenvalue weighted by Crippen LogP contribution is 2.28. The number of ether oxygens (including phenoxy) is 1. The molecule has 1 unspecified atom stereocenters. The number of nitrogens with one attached hydrogen (secondary N) is 1. The molecule has 0 aliphatic rings. The number of halogens is 2. The van der Waals surface area contributed by atoms with Crippen molar-refractivity contribution in [2.24, 2.45) is 0 Å². The number of benzene rings is 2. The van der Waals surface area contributed by atoms with Crippen LogP contribution in [0, 0.1) is 5.82 Å². The minimum Gasteiger partial charge on any atom is -0.495 e. The molecule has 0 radical (unpaired) electrons. The summed E-state index contributed by atoms with van der Waals surface area (Å²) in [5.74, 6) is -0.630. The lowest BCUT2D eigenvalue weighted by molar-refractivity contribution is -0.116. The monoisotopic (exact) mass is 400 g/mol. The van der Waals surface area contributed by atoms with Gasteiger partial charge in [0.1, 0.15) is 17.6 Å². The van der Waals surface area contributed by atoms with Crippen LogP contribution in [0.25, 0.3) is 0 Å². The fourth-order valence-corrected chi connectivity index (χ4v) is 3.82. The Morgan fingerprint density at radius 2 is 1.85 bits per heavy atom. The van der Waals surface area contributed by atoms with Crippen molar-refractivity contribution >= 4 is 38.9 Å². The minimum atomic E-state index is -3.78. The van der Waals surface area contributed by atoms with Crippen LogP contribution in [0.15, 0.2) is 42.5 Å². The van der Waals surface area contributed by atoms with Crippen LogP contribution in [0.5, 0.6) is 5.75 Å². The maximum Gasteiger partial charge on any atom is 0.247 e. The molecule has 0 heterocycles. The van der Waals surface area contributed by atoms with Gasteiger partial charge >= 0.3 is 0 Å². The van der Waals surface area contributed by atoms with Gasteiger partial charge < -0.3 is 10.1 Å². The highest BCUT2D eigenvalue weighted by Gasteiger charge is 2.29. The lowest BCUT2D eigenvalue weighted by Gasteiger charge is -2.28. The molecular weight excluding hydrogens is 383 g/mol. The molecule has 140 valence electrons. The Labute approximate surface area is 156 Å². The fourth-order valence-electron chi connectivity index (χ4n) is 2.39. The summed E-state index contributed by atoms with van der Waals surface area (Å²) < 4.78 is 43.4. The van der Waals surface area contributed by atoms with Crippen LogP contribution in [-0.4, -0.2) is 33.7 Å². The Morgan fingerprint density at radius 3 is 2.35 bits per heavy atom. The molecule has 0 aliphatic carbocycles. The molecule has 2 rings (SSSR count). The number of nitrogens with zero attached hydrogens (tertiary/aromatic N) is 1. The molecule has 9 heteroatoms. The first-order valence-corrected chi connectivity index (χ1v) is 9.75. The summed E-state index contributed by atoms with van der Waals surface area (Å²) in [6.07, 6.45) is 0.977. The third-order valence-electron chi connectivity index (χ3n) is 3.59. The van der Waals surface area contributed by atoms with Crippen molar-refractivity contribution < 1.29 is 22.3 Å². The number of hydrogen-bond acceptors (Lipinski definition) is 4. The zero-order valence-corrected chi connectivity index (χ0v) is 15.9. The van der Waals surface area contributed by atoms with Gasteiger partial charge in [0, 0.05) is 5.69 Å². The topological polar surface area (TPSA) is 75.7 Å². The standard InChI is InChI=1S/C17H18ClFN2O4S/c1-11(17(22)20-13-6-9-16(25-2)15(18)10-13)21(26(3,23)24)14-7-4-12(19)5-8-14/h4-11H,1-3H3,(H,20,22). The van der Waals surface area contributed by atoms with E-state index in [0.29, 0.717) is 16.5 Å². The molecule has 0 spiro atoms. The van der Waals surface area contributed by atoms with Gasteiger partial charge in [-0.3, -0.25) is 9.10 Å². The Bertz CT molecular complexity index is 903. The van der Waals surface area contributed by atoms with Gasteiger partial charge in [-0.15, -0.1) is 0 Å². The first-order chi connectivity index (χ1) is 12.1. The molecule has 6 nitrogen and oxygen atoms in total. The molecule has 0 bridgehead atoms. The number of methoxy groups -OCH3 is 1. The van der Waals surface area contributed by atoms with E-state index in [2.05, 4.69) is 5.32 Å². The molecule has 0 fully saturated rings. The zero-order chi connectivity index (χ0) is 19.5. The lowest BCUT2D eigenvalue weighted by atomic mass is 10.2. The van der Waals surface area contributed by atoms with Crippen LogP contribution in [0.3, 0.4) is 0 Å². The second kappa shape index (κ2) is 7.92. The van der Waals surface area contributed by atoms with E-state index < -0.39 is 27.8 Å². The lowest BCUT2D eigenvalue weighted by Crippen LogP contribution is -2.45. The molecule has 0 saturated carbocycles. The van der Waals surface area contributed by atoms with Crippen LogP contribution in [0.4, 0.5) is 15.8 Å². The maximum atomic E-state index is 13.1. The number of sulfonamides is 1. The van der Waals surface area contributed by atoms with Crippen LogP contribution >= 0.6 is 11.6 Å². The van der Waals surface area contributed by atoms with E-state index >= 15 is 0 Å². The van der Waals surface area contributed by atoms with Crippen molar-refractivity contribution in [2.45, 2.75) is 13.0 Å². The second-order valence-corrected chi connectivity index (χ2v) is 7.82. The van der Waals surface area contributed by atoms with E-state index in [1.807, 2.05) is 0 Å². The number of carbonyl (C=O) groups is 1. The molecular formula is C17H18ClFN2O4S. The number of carbonyl (C=O) groups excluding carboxylic acids is 1. The predicted molar refractivity (Wildman–Crippen MR) is 99.8 cm³/mol. The number of rotatable bonds is 6. The smallest absolute Gasteiger partial charge is 0.247 e. The molecule has 2 aromatic carbocycles. The van der Waals surface area contributed by atoms with Gasteiger partial charge in [0.2, 0.25) is 15.9 Å². The molecule has 1 N–H and O–H groups in total. The number of anilines is 2. The summed E-state index contributed by atoms with van der Waals surface area (Å²) in [4.78, 5) is 12.5. The first kappa shape index (κ1) is 20.0. The minimum absolute atomic E-state index is 0.185. The highest BCUT2D eigenvalue weighted by atomic mass is 35.5. The third-order valence-corrected chi connectivity index (χ3v) is 5.13. The van der Waals surface area contributed by atoms with Crippen LogP contribution < -0.4 is 14.4 Å². The first-order valence-electron chi connectivity index (χ1n) is 7.53. The molecule has 0 saturated heterocycles. The average Bonchev–Trinajstić information content (AvgIpc) is 2.55. The van der Waals surface area contributed by atoms with E-state index in [1.165, 1.54) is 32.2 Å². The number of amides is 1. The van der Waals surface area contributed by atoms with Gasteiger partial charge in [-0.1, -0.05) is 11.6 Å². The van der Waals surface area contributed by atoms with Crippen molar-refractivity contribution in [1.82, 2.24) is 0 Å². The summed E-state index contributed by atoms with van der Waals surface area (Å²) in [7, 11) is -2.32. The predicted octanol–water partition coefficient (Wildman–Crippen LogP) is 3.28. The largest absolute Gasteiger partial charge is 0.495 e.